The maximum atomic E-state index is 12.0. The fraction of sp³-hybridized carbons (Fsp3) is 0.438. The minimum absolute atomic E-state index is 0.191. The number of nitrogens with zero attached hydrogens (tertiary/aromatic N) is 3. The molecule has 0 atom stereocenters. The lowest BCUT2D eigenvalue weighted by molar-refractivity contribution is 0.0520. The molecular weight excluding hydrogens is 296 g/mol. The first-order chi connectivity index (χ1) is 11.2. The van der Waals surface area contributed by atoms with E-state index in [2.05, 4.69) is 20.3 Å². The number of hydrogen-bond donors (Lipinski definition) is 2. The summed E-state index contributed by atoms with van der Waals surface area (Å²) in [7, 11) is 0. The van der Waals surface area contributed by atoms with Crippen molar-refractivity contribution in [1.29, 1.82) is 0 Å². The number of aromatic amines is 1. The quantitative estimate of drug-likeness (QED) is 0.833. The smallest absolute Gasteiger partial charge is 0.361 e. The summed E-state index contributed by atoms with van der Waals surface area (Å²) in [5, 5.41) is 20.3. The van der Waals surface area contributed by atoms with Gasteiger partial charge in [0.1, 0.15) is 5.69 Å². The van der Waals surface area contributed by atoms with Gasteiger partial charge in [-0.1, -0.05) is 18.2 Å². The van der Waals surface area contributed by atoms with Gasteiger partial charge in [0.25, 0.3) is 0 Å². The van der Waals surface area contributed by atoms with Crippen LogP contribution in [0.4, 0.5) is 5.69 Å². The summed E-state index contributed by atoms with van der Waals surface area (Å²) < 4.78 is 5.04. The summed E-state index contributed by atoms with van der Waals surface area (Å²) in [4.78, 5) is 14.2. The second-order valence-corrected chi connectivity index (χ2v) is 5.48. The fourth-order valence-corrected chi connectivity index (χ4v) is 2.82. The van der Waals surface area contributed by atoms with Gasteiger partial charge < -0.3 is 14.7 Å². The van der Waals surface area contributed by atoms with E-state index in [0.29, 0.717) is 5.69 Å². The number of benzene rings is 1. The number of para-hydroxylation sites is 1. The molecule has 7 nitrogen and oxygen atoms in total. The zero-order valence-corrected chi connectivity index (χ0v) is 13.0. The molecular formula is C16H20N4O3. The Kier molecular flexibility index (Phi) is 4.57. The van der Waals surface area contributed by atoms with Gasteiger partial charge in [-0.15, -0.1) is 5.10 Å². The Labute approximate surface area is 134 Å². The molecule has 0 aliphatic carbocycles. The van der Waals surface area contributed by atoms with Crippen LogP contribution in [0.5, 0.6) is 0 Å². The van der Waals surface area contributed by atoms with E-state index in [4.69, 9.17) is 4.74 Å². The van der Waals surface area contributed by atoms with Crippen molar-refractivity contribution in [2.45, 2.75) is 25.9 Å². The molecule has 0 radical (unpaired) electrons. The normalized spacial score (nSPS) is 15.7. The lowest BCUT2D eigenvalue weighted by Gasteiger charge is -2.32. The molecule has 1 saturated heterocycles. The monoisotopic (exact) mass is 316 g/mol. The van der Waals surface area contributed by atoms with Gasteiger partial charge in [-0.3, -0.25) is 0 Å². The van der Waals surface area contributed by atoms with Crippen LogP contribution in [0, 0.1) is 0 Å². The van der Waals surface area contributed by atoms with Crippen LogP contribution in [-0.4, -0.2) is 52.3 Å². The molecule has 0 bridgehead atoms. The van der Waals surface area contributed by atoms with Crippen LogP contribution >= 0.6 is 0 Å². The third-order valence-corrected chi connectivity index (χ3v) is 3.98. The Morgan fingerprint density at radius 3 is 2.83 bits per heavy atom. The van der Waals surface area contributed by atoms with E-state index in [0.717, 1.165) is 37.2 Å². The number of aromatic nitrogens is 3. The highest BCUT2D eigenvalue weighted by atomic mass is 16.5. The molecule has 0 saturated carbocycles. The van der Waals surface area contributed by atoms with Crippen molar-refractivity contribution in [2.24, 2.45) is 0 Å². The van der Waals surface area contributed by atoms with E-state index in [1.54, 1.807) is 6.92 Å². The average molecular weight is 316 g/mol. The largest absolute Gasteiger partial charge is 0.461 e. The number of esters is 1. The summed E-state index contributed by atoms with van der Waals surface area (Å²) in [5.74, 6) is -0.486. The molecule has 1 fully saturated rings. The number of anilines is 1. The molecule has 122 valence electrons. The Balaban J connectivity index is 1.95. The maximum Gasteiger partial charge on any atom is 0.361 e. The van der Waals surface area contributed by atoms with Crippen molar-refractivity contribution in [1.82, 2.24) is 15.4 Å². The summed E-state index contributed by atoms with van der Waals surface area (Å²) in [5.41, 5.74) is 2.50. The van der Waals surface area contributed by atoms with Crippen molar-refractivity contribution in [3.63, 3.8) is 0 Å². The molecule has 2 N–H and O–H groups in total. The van der Waals surface area contributed by atoms with Gasteiger partial charge in [0, 0.05) is 24.3 Å². The standard InChI is InChI=1S/C16H20N4O3/c1-2-23-16(22)15-14(17-19-18-15)12-5-3-4-6-13(12)20-9-7-11(21)8-10-20/h3-6,11,21H,2,7-10H2,1H3,(H,17,18,19). The van der Waals surface area contributed by atoms with Crippen LogP contribution in [0.2, 0.25) is 0 Å². The lowest BCUT2D eigenvalue weighted by Crippen LogP contribution is -2.36. The topological polar surface area (TPSA) is 91.3 Å². The average Bonchev–Trinajstić information content (AvgIpc) is 3.05. The number of nitrogens with one attached hydrogen (secondary N) is 1. The van der Waals surface area contributed by atoms with Crippen LogP contribution < -0.4 is 4.90 Å². The van der Waals surface area contributed by atoms with Gasteiger partial charge in [-0.2, -0.15) is 10.3 Å². The Morgan fingerprint density at radius 1 is 1.35 bits per heavy atom. The molecule has 1 aromatic heterocycles. The van der Waals surface area contributed by atoms with Crippen molar-refractivity contribution < 1.29 is 14.6 Å². The molecule has 0 spiro atoms. The summed E-state index contributed by atoms with van der Waals surface area (Å²) in [6.07, 6.45) is 1.23. The number of hydrogen-bond acceptors (Lipinski definition) is 6. The van der Waals surface area contributed by atoms with Crippen molar-refractivity contribution in [3.8, 4) is 11.3 Å². The molecule has 2 heterocycles. The first-order valence-electron chi connectivity index (χ1n) is 7.81. The van der Waals surface area contributed by atoms with Crippen LogP contribution in [0.15, 0.2) is 24.3 Å². The Hall–Kier alpha value is -2.41. The van der Waals surface area contributed by atoms with Crippen molar-refractivity contribution in [2.75, 3.05) is 24.6 Å². The number of aliphatic hydroxyl groups is 1. The first-order valence-corrected chi connectivity index (χ1v) is 7.81. The molecule has 7 heteroatoms. The van der Waals surface area contributed by atoms with Gasteiger partial charge in [-0.05, 0) is 25.8 Å². The lowest BCUT2D eigenvalue weighted by atomic mass is 10.0. The fourth-order valence-electron chi connectivity index (χ4n) is 2.82. The number of ether oxygens (including phenoxy) is 1. The SMILES string of the molecule is CCOC(=O)c1n[nH]nc1-c1ccccc1N1CCC(O)CC1. The number of rotatable bonds is 4. The molecule has 1 aliphatic rings. The summed E-state index contributed by atoms with van der Waals surface area (Å²) in [6, 6.07) is 7.77. The Morgan fingerprint density at radius 2 is 2.09 bits per heavy atom. The number of piperidine rings is 1. The van der Waals surface area contributed by atoms with Crippen molar-refractivity contribution in [3.05, 3.63) is 30.0 Å². The van der Waals surface area contributed by atoms with E-state index in [1.165, 1.54) is 0 Å². The highest BCUT2D eigenvalue weighted by molar-refractivity contribution is 5.96. The molecule has 2 aromatic rings. The molecule has 0 unspecified atom stereocenters. The van der Waals surface area contributed by atoms with Crippen molar-refractivity contribution >= 4 is 11.7 Å². The number of H-pyrrole nitrogens is 1. The second kappa shape index (κ2) is 6.78. The predicted octanol–water partition coefficient (Wildman–Crippen LogP) is 1.61. The van der Waals surface area contributed by atoms with E-state index in [1.807, 2.05) is 24.3 Å². The number of carbonyl (C=O) groups excluding carboxylic acids is 1. The second-order valence-electron chi connectivity index (χ2n) is 5.48. The number of aliphatic hydroxyl groups excluding tert-OH is 1. The Bertz CT molecular complexity index is 677. The molecule has 1 aromatic carbocycles. The van der Waals surface area contributed by atoms with Gasteiger partial charge in [0.05, 0.1) is 12.7 Å². The van der Waals surface area contributed by atoms with Crippen LogP contribution in [-0.2, 0) is 4.74 Å². The molecule has 0 amide bonds. The summed E-state index contributed by atoms with van der Waals surface area (Å²) in [6.45, 7) is 3.58. The molecule has 23 heavy (non-hydrogen) atoms. The first kappa shape index (κ1) is 15.5. The molecule has 1 aliphatic heterocycles. The zero-order chi connectivity index (χ0) is 16.2. The summed E-state index contributed by atoms with van der Waals surface area (Å²) >= 11 is 0. The van der Waals surface area contributed by atoms with Crippen LogP contribution in [0.25, 0.3) is 11.3 Å². The predicted molar refractivity (Wildman–Crippen MR) is 85.2 cm³/mol. The maximum absolute atomic E-state index is 12.0. The number of carbonyl (C=O) groups is 1. The third-order valence-electron chi connectivity index (χ3n) is 3.98. The highest BCUT2D eigenvalue weighted by Gasteiger charge is 2.24. The van der Waals surface area contributed by atoms with Gasteiger partial charge >= 0.3 is 5.97 Å². The van der Waals surface area contributed by atoms with Gasteiger partial charge in [0.2, 0.25) is 0 Å². The van der Waals surface area contributed by atoms with E-state index >= 15 is 0 Å². The zero-order valence-electron chi connectivity index (χ0n) is 13.0. The minimum Gasteiger partial charge on any atom is -0.461 e. The van der Waals surface area contributed by atoms with Crippen LogP contribution in [0.1, 0.15) is 30.3 Å². The van der Waals surface area contributed by atoms with Gasteiger partial charge in [0.15, 0.2) is 5.69 Å². The molecule has 3 rings (SSSR count). The van der Waals surface area contributed by atoms with Gasteiger partial charge in [-0.25, -0.2) is 4.79 Å². The van der Waals surface area contributed by atoms with E-state index in [9.17, 15) is 9.90 Å². The highest BCUT2D eigenvalue weighted by Crippen LogP contribution is 2.32. The minimum atomic E-state index is -0.486. The van der Waals surface area contributed by atoms with E-state index < -0.39 is 5.97 Å². The third kappa shape index (κ3) is 3.19. The van der Waals surface area contributed by atoms with E-state index in [-0.39, 0.29) is 18.4 Å². The van der Waals surface area contributed by atoms with Crippen LogP contribution in [0.3, 0.4) is 0 Å².